The van der Waals surface area contributed by atoms with E-state index in [1.807, 2.05) is 44.2 Å². The molecule has 124 valence electrons. The van der Waals surface area contributed by atoms with E-state index >= 15 is 0 Å². The number of hydrogen-bond acceptors (Lipinski definition) is 4. The Morgan fingerprint density at radius 3 is 2.71 bits per heavy atom. The number of hydrogen-bond donors (Lipinski definition) is 0. The number of halogens is 1. The fourth-order valence-corrected chi connectivity index (χ4v) is 2.64. The van der Waals surface area contributed by atoms with Gasteiger partial charge in [0.1, 0.15) is 11.0 Å². The van der Waals surface area contributed by atoms with E-state index in [0.29, 0.717) is 16.1 Å². The van der Waals surface area contributed by atoms with Crippen LogP contribution < -0.4 is 9.74 Å². The van der Waals surface area contributed by atoms with Crippen LogP contribution in [0.15, 0.2) is 48.5 Å². The Morgan fingerprint density at radius 1 is 1.25 bits per heavy atom. The van der Waals surface area contributed by atoms with E-state index < -0.39 is 0 Å². The summed E-state index contributed by atoms with van der Waals surface area (Å²) < 4.78 is 0. The normalized spacial score (nSPS) is 11.0. The molecule has 0 fully saturated rings. The van der Waals surface area contributed by atoms with E-state index in [-0.39, 0.29) is 18.6 Å². The van der Waals surface area contributed by atoms with Crippen LogP contribution in [0.4, 0.5) is 5.69 Å². The molecule has 6 nitrogen and oxygen atoms in total. The van der Waals surface area contributed by atoms with Gasteiger partial charge >= 0.3 is 0 Å². The molecule has 0 bridgehead atoms. The minimum atomic E-state index is -0.165. The molecule has 0 radical (unpaired) electrons. The Labute approximate surface area is 144 Å². The first-order valence-electron chi connectivity index (χ1n) is 7.57. The predicted octanol–water partition coefficient (Wildman–Crippen LogP) is 2.95. The zero-order valence-electron chi connectivity index (χ0n) is 13.4. The average Bonchev–Trinajstić information content (AvgIpc) is 2.96. The molecule has 0 atom stereocenters. The number of amides is 1. The van der Waals surface area contributed by atoms with Crippen molar-refractivity contribution in [2.24, 2.45) is 0 Å². The summed E-state index contributed by atoms with van der Waals surface area (Å²) in [6, 6.07) is 14.7. The number of benzene rings is 2. The molecule has 0 saturated carbocycles. The molecule has 0 spiro atoms. The number of para-hydroxylation sites is 1. The van der Waals surface area contributed by atoms with Gasteiger partial charge in [-0.05, 0) is 49.4 Å². The standard InChI is InChI=1S/C17H17ClN4O2/c1-12(2)21(14-6-4-3-5-7-14)17(23)11-24-22-16-10-13(18)8-9-15(16)19-20-22/h3-10,12H,11H2,1-2H3. The van der Waals surface area contributed by atoms with Crippen LogP contribution in [0.5, 0.6) is 0 Å². The number of rotatable bonds is 5. The Bertz CT molecular complexity index is 848. The topological polar surface area (TPSA) is 60.2 Å². The summed E-state index contributed by atoms with van der Waals surface area (Å²) >= 11 is 5.98. The SMILES string of the molecule is CC(C)N(C(=O)COn1nnc2ccc(Cl)cc21)c1ccccc1. The first-order valence-corrected chi connectivity index (χ1v) is 7.95. The summed E-state index contributed by atoms with van der Waals surface area (Å²) in [5.41, 5.74) is 2.09. The van der Waals surface area contributed by atoms with Gasteiger partial charge in [-0.25, -0.2) is 0 Å². The van der Waals surface area contributed by atoms with Crippen molar-refractivity contribution in [1.82, 2.24) is 15.2 Å². The second-order valence-electron chi connectivity index (χ2n) is 5.56. The molecule has 0 unspecified atom stereocenters. The summed E-state index contributed by atoms with van der Waals surface area (Å²) in [7, 11) is 0. The van der Waals surface area contributed by atoms with Gasteiger partial charge in [-0.15, -0.1) is 5.10 Å². The molecule has 0 aliphatic carbocycles. The van der Waals surface area contributed by atoms with Gasteiger partial charge in [-0.1, -0.05) is 34.6 Å². The second-order valence-corrected chi connectivity index (χ2v) is 6.00. The summed E-state index contributed by atoms with van der Waals surface area (Å²) in [5, 5.41) is 8.43. The van der Waals surface area contributed by atoms with E-state index in [0.717, 1.165) is 5.69 Å². The minimum absolute atomic E-state index is 0.00503. The van der Waals surface area contributed by atoms with Crippen LogP contribution in [-0.2, 0) is 4.79 Å². The molecule has 24 heavy (non-hydrogen) atoms. The van der Waals surface area contributed by atoms with E-state index in [4.69, 9.17) is 16.4 Å². The van der Waals surface area contributed by atoms with Crippen LogP contribution in [0.1, 0.15) is 13.8 Å². The highest BCUT2D eigenvalue weighted by molar-refractivity contribution is 6.31. The summed E-state index contributed by atoms with van der Waals surface area (Å²) in [5.74, 6) is -0.165. The monoisotopic (exact) mass is 344 g/mol. The first kappa shape index (κ1) is 16.3. The lowest BCUT2D eigenvalue weighted by Gasteiger charge is -2.26. The van der Waals surface area contributed by atoms with Crippen molar-refractivity contribution >= 4 is 34.2 Å². The van der Waals surface area contributed by atoms with Crippen molar-refractivity contribution in [2.45, 2.75) is 19.9 Å². The Morgan fingerprint density at radius 2 is 2.00 bits per heavy atom. The van der Waals surface area contributed by atoms with Gasteiger partial charge < -0.3 is 9.74 Å². The highest BCUT2D eigenvalue weighted by Gasteiger charge is 2.20. The van der Waals surface area contributed by atoms with Crippen LogP contribution in [0.25, 0.3) is 11.0 Å². The van der Waals surface area contributed by atoms with Crippen LogP contribution >= 0.6 is 11.6 Å². The van der Waals surface area contributed by atoms with Crippen molar-refractivity contribution in [2.75, 3.05) is 11.5 Å². The number of aromatic nitrogens is 3. The van der Waals surface area contributed by atoms with Crippen LogP contribution in [-0.4, -0.2) is 33.7 Å². The van der Waals surface area contributed by atoms with Gasteiger partial charge in [0.25, 0.3) is 5.91 Å². The molecule has 0 N–H and O–H groups in total. The van der Waals surface area contributed by atoms with Gasteiger partial charge in [-0.2, -0.15) is 0 Å². The van der Waals surface area contributed by atoms with Gasteiger partial charge in [-0.3, -0.25) is 4.79 Å². The maximum atomic E-state index is 12.6. The molecule has 1 heterocycles. The lowest BCUT2D eigenvalue weighted by atomic mass is 10.2. The molecule has 1 aromatic heterocycles. The van der Waals surface area contributed by atoms with Crippen LogP contribution in [0, 0.1) is 0 Å². The predicted molar refractivity (Wildman–Crippen MR) is 93.0 cm³/mol. The van der Waals surface area contributed by atoms with Crippen molar-refractivity contribution in [3.05, 3.63) is 53.6 Å². The van der Waals surface area contributed by atoms with Gasteiger partial charge in [0, 0.05) is 16.8 Å². The van der Waals surface area contributed by atoms with E-state index in [9.17, 15) is 4.79 Å². The molecule has 3 aromatic rings. The lowest BCUT2D eigenvalue weighted by Crippen LogP contribution is -2.41. The first-order chi connectivity index (χ1) is 11.6. The third kappa shape index (κ3) is 3.33. The molecule has 0 aliphatic rings. The van der Waals surface area contributed by atoms with E-state index in [1.54, 1.807) is 23.1 Å². The maximum Gasteiger partial charge on any atom is 0.267 e. The van der Waals surface area contributed by atoms with Crippen molar-refractivity contribution in [3.63, 3.8) is 0 Å². The highest BCUT2D eigenvalue weighted by atomic mass is 35.5. The van der Waals surface area contributed by atoms with E-state index in [2.05, 4.69) is 10.3 Å². The smallest absolute Gasteiger partial charge is 0.267 e. The number of carbonyl (C=O) groups is 1. The molecular weight excluding hydrogens is 328 g/mol. The van der Waals surface area contributed by atoms with Crippen molar-refractivity contribution in [1.29, 1.82) is 0 Å². The summed E-state index contributed by atoms with van der Waals surface area (Å²) in [6.45, 7) is 3.75. The molecule has 7 heteroatoms. The summed E-state index contributed by atoms with van der Waals surface area (Å²) in [4.78, 5) is 21.0. The van der Waals surface area contributed by atoms with Crippen LogP contribution in [0.2, 0.25) is 5.02 Å². The van der Waals surface area contributed by atoms with Crippen LogP contribution in [0.3, 0.4) is 0 Å². The molecule has 0 saturated heterocycles. The minimum Gasteiger partial charge on any atom is -0.385 e. The third-order valence-corrected chi connectivity index (χ3v) is 3.74. The Kier molecular flexibility index (Phi) is 4.66. The Balaban J connectivity index is 1.77. The van der Waals surface area contributed by atoms with Gasteiger partial charge in [0.2, 0.25) is 0 Å². The largest absolute Gasteiger partial charge is 0.385 e. The highest BCUT2D eigenvalue weighted by Crippen LogP contribution is 2.18. The number of fused-ring (bicyclic) bond motifs is 1. The number of carbonyl (C=O) groups excluding carboxylic acids is 1. The molecule has 1 amide bonds. The molecule has 2 aromatic carbocycles. The quantitative estimate of drug-likeness (QED) is 0.714. The second kappa shape index (κ2) is 6.88. The van der Waals surface area contributed by atoms with Crippen molar-refractivity contribution in [3.8, 4) is 0 Å². The zero-order chi connectivity index (χ0) is 17.1. The Hall–Kier alpha value is -2.60. The lowest BCUT2D eigenvalue weighted by molar-refractivity contribution is -0.124. The zero-order valence-corrected chi connectivity index (χ0v) is 14.1. The van der Waals surface area contributed by atoms with Crippen molar-refractivity contribution < 1.29 is 9.63 Å². The van der Waals surface area contributed by atoms with Gasteiger partial charge in [0.05, 0.1) is 0 Å². The summed E-state index contributed by atoms with van der Waals surface area (Å²) in [6.07, 6.45) is 0. The molecule has 3 rings (SSSR count). The molecule has 0 aliphatic heterocycles. The fourth-order valence-electron chi connectivity index (χ4n) is 2.47. The average molecular weight is 345 g/mol. The number of nitrogens with zero attached hydrogens (tertiary/aromatic N) is 4. The fraction of sp³-hybridized carbons (Fsp3) is 0.235. The molecular formula is C17H17ClN4O2. The van der Waals surface area contributed by atoms with Gasteiger partial charge in [0.15, 0.2) is 6.61 Å². The third-order valence-electron chi connectivity index (χ3n) is 3.51. The van der Waals surface area contributed by atoms with E-state index in [1.165, 1.54) is 4.85 Å². The number of anilines is 1. The maximum absolute atomic E-state index is 12.6.